The summed E-state index contributed by atoms with van der Waals surface area (Å²) >= 11 is 0. The first-order valence-electron chi connectivity index (χ1n) is 7.63. The average Bonchev–Trinajstić information content (AvgIpc) is 2.52. The molecule has 1 aromatic carbocycles. The normalized spacial score (nSPS) is 14.1. The summed E-state index contributed by atoms with van der Waals surface area (Å²) in [6, 6.07) is 10.9. The van der Waals surface area contributed by atoms with Gasteiger partial charge in [-0.05, 0) is 24.8 Å². The van der Waals surface area contributed by atoms with E-state index in [-0.39, 0.29) is 35.4 Å². The number of nitrogens with two attached hydrogens (primary N) is 1. The lowest BCUT2D eigenvalue weighted by atomic mass is 9.93. The molecule has 0 unspecified atom stereocenters. The van der Waals surface area contributed by atoms with E-state index in [2.05, 4.69) is 5.32 Å². The first-order valence-corrected chi connectivity index (χ1v) is 7.63. The van der Waals surface area contributed by atoms with Gasteiger partial charge < -0.3 is 15.9 Å². The number of carbonyl (C=O) groups is 1. The second-order valence-electron chi connectivity index (χ2n) is 5.64. The van der Waals surface area contributed by atoms with Crippen LogP contribution in [0.1, 0.15) is 35.3 Å². The second-order valence-corrected chi connectivity index (χ2v) is 5.64. The van der Waals surface area contributed by atoms with E-state index in [1.54, 1.807) is 0 Å². The van der Waals surface area contributed by atoms with Gasteiger partial charge in [-0.25, -0.2) is 0 Å². The zero-order valence-electron chi connectivity index (χ0n) is 12.7. The van der Waals surface area contributed by atoms with Gasteiger partial charge >= 0.3 is 0 Å². The molecule has 0 radical (unpaired) electrons. The van der Waals surface area contributed by atoms with Crippen LogP contribution in [0.2, 0.25) is 0 Å². The van der Waals surface area contributed by atoms with Crippen LogP contribution in [0.4, 0.5) is 0 Å². The smallest absolute Gasteiger partial charge is 0.274 e. The standard InChI is InChI=1S/C17H19N3O3/c18-20-10-9-14(21)16(23-11-12-5-2-1-3-6-12)15(20)17(22)19-13-7-4-8-13/h1-3,5-6,9-10,13H,4,7-8,11,18H2,(H,19,22). The molecule has 120 valence electrons. The molecule has 2 aromatic rings. The van der Waals surface area contributed by atoms with Gasteiger partial charge in [0.15, 0.2) is 11.4 Å². The minimum absolute atomic E-state index is 0.0179. The SMILES string of the molecule is Nn1ccc(=O)c(OCc2ccccc2)c1C(=O)NC1CCC1. The number of ether oxygens (including phenoxy) is 1. The van der Waals surface area contributed by atoms with Crippen LogP contribution in [0.5, 0.6) is 5.75 Å². The predicted octanol–water partition coefficient (Wildman–Crippen LogP) is 1.42. The Morgan fingerprint density at radius 3 is 2.65 bits per heavy atom. The van der Waals surface area contributed by atoms with Gasteiger partial charge in [0.2, 0.25) is 5.43 Å². The maximum atomic E-state index is 12.4. The molecule has 6 heteroatoms. The van der Waals surface area contributed by atoms with Gasteiger partial charge in [-0.15, -0.1) is 0 Å². The van der Waals surface area contributed by atoms with Crippen LogP contribution in [-0.4, -0.2) is 16.6 Å². The van der Waals surface area contributed by atoms with Gasteiger partial charge in [0, 0.05) is 18.3 Å². The van der Waals surface area contributed by atoms with Gasteiger partial charge in [0.1, 0.15) is 6.61 Å². The first kappa shape index (κ1) is 15.1. The number of aromatic nitrogens is 1. The number of rotatable bonds is 5. The monoisotopic (exact) mass is 313 g/mol. The molecule has 1 aliphatic carbocycles. The highest BCUT2D eigenvalue weighted by Crippen LogP contribution is 2.20. The molecule has 23 heavy (non-hydrogen) atoms. The lowest BCUT2D eigenvalue weighted by Gasteiger charge is -2.27. The van der Waals surface area contributed by atoms with Crippen molar-refractivity contribution in [1.29, 1.82) is 0 Å². The molecule has 1 heterocycles. The van der Waals surface area contributed by atoms with Crippen molar-refractivity contribution >= 4 is 5.91 Å². The first-order chi connectivity index (χ1) is 11.1. The van der Waals surface area contributed by atoms with Crippen molar-refractivity contribution in [2.75, 3.05) is 5.84 Å². The van der Waals surface area contributed by atoms with Crippen molar-refractivity contribution in [3.8, 4) is 5.75 Å². The van der Waals surface area contributed by atoms with Crippen LogP contribution in [0.15, 0.2) is 47.4 Å². The Morgan fingerprint density at radius 2 is 2.00 bits per heavy atom. The number of nitrogens with one attached hydrogen (secondary N) is 1. The summed E-state index contributed by atoms with van der Waals surface area (Å²) in [5, 5.41) is 2.88. The number of nitrogen functional groups attached to an aromatic ring is 1. The molecule has 1 fully saturated rings. The molecule has 0 aliphatic heterocycles. The summed E-state index contributed by atoms with van der Waals surface area (Å²) in [7, 11) is 0. The molecule has 0 bridgehead atoms. The fourth-order valence-corrected chi connectivity index (χ4v) is 2.43. The van der Waals surface area contributed by atoms with Crippen LogP contribution in [0, 0.1) is 0 Å². The number of hydrogen-bond donors (Lipinski definition) is 2. The van der Waals surface area contributed by atoms with E-state index < -0.39 is 0 Å². The largest absolute Gasteiger partial charge is 0.482 e. The maximum absolute atomic E-state index is 12.4. The summed E-state index contributed by atoms with van der Waals surface area (Å²) in [6.07, 6.45) is 4.38. The third-order valence-corrected chi connectivity index (χ3v) is 3.97. The van der Waals surface area contributed by atoms with Crippen molar-refractivity contribution in [2.24, 2.45) is 0 Å². The molecule has 0 spiro atoms. The van der Waals surface area contributed by atoms with Crippen LogP contribution in [0.25, 0.3) is 0 Å². The van der Waals surface area contributed by atoms with Crippen molar-refractivity contribution in [3.63, 3.8) is 0 Å². The fourth-order valence-electron chi connectivity index (χ4n) is 2.43. The van der Waals surface area contributed by atoms with Gasteiger partial charge in [0.25, 0.3) is 5.91 Å². The number of amides is 1. The van der Waals surface area contributed by atoms with Crippen molar-refractivity contribution in [2.45, 2.75) is 31.9 Å². The molecule has 1 amide bonds. The van der Waals surface area contributed by atoms with Gasteiger partial charge in [0.05, 0.1) is 0 Å². The molecule has 0 atom stereocenters. The number of hydrogen-bond acceptors (Lipinski definition) is 4. The summed E-state index contributed by atoms with van der Waals surface area (Å²) < 4.78 is 6.75. The van der Waals surface area contributed by atoms with Gasteiger partial charge in [-0.1, -0.05) is 30.3 Å². The molecule has 3 rings (SSSR count). The molecule has 6 nitrogen and oxygen atoms in total. The van der Waals surface area contributed by atoms with Gasteiger partial charge in [-0.3, -0.25) is 14.3 Å². The van der Waals surface area contributed by atoms with E-state index in [0.717, 1.165) is 29.5 Å². The van der Waals surface area contributed by atoms with Crippen molar-refractivity contribution in [1.82, 2.24) is 9.99 Å². The third kappa shape index (κ3) is 3.36. The molecular formula is C17H19N3O3. The molecule has 1 aliphatic rings. The number of benzene rings is 1. The van der Waals surface area contributed by atoms with Crippen molar-refractivity contribution in [3.05, 3.63) is 64.1 Å². The van der Waals surface area contributed by atoms with Gasteiger partial charge in [-0.2, -0.15) is 0 Å². The topological polar surface area (TPSA) is 86.3 Å². The zero-order valence-corrected chi connectivity index (χ0v) is 12.7. The fraction of sp³-hybridized carbons (Fsp3) is 0.294. The summed E-state index contributed by atoms with van der Waals surface area (Å²) in [4.78, 5) is 24.5. The predicted molar refractivity (Wildman–Crippen MR) is 86.7 cm³/mol. The molecular weight excluding hydrogens is 294 g/mol. The molecule has 1 saturated carbocycles. The Kier molecular flexibility index (Phi) is 4.32. The highest BCUT2D eigenvalue weighted by Gasteiger charge is 2.25. The van der Waals surface area contributed by atoms with E-state index in [1.165, 1.54) is 12.3 Å². The third-order valence-electron chi connectivity index (χ3n) is 3.97. The summed E-state index contributed by atoms with van der Waals surface area (Å²) in [5.74, 6) is 5.44. The van der Waals surface area contributed by atoms with Crippen molar-refractivity contribution < 1.29 is 9.53 Å². The highest BCUT2D eigenvalue weighted by molar-refractivity contribution is 5.95. The van der Waals surface area contributed by atoms with Crippen LogP contribution in [-0.2, 0) is 6.61 Å². The quantitative estimate of drug-likeness (QED) is 0.818. The number of pyridine rings is 1. The molecule has 0 saturated heterocycles. The Balaban J connectivity index is 1.84. The number of nitrogens with zero attached hydrogens (tertiary/aromatic N) is 1. The minimum Gasteiger partial charge on any atom is -0.482 e. The summed E-state index contributed by atoms with van der Waals surface area (Å²) in [6.45, 7) is 0.198. The Bertz CT molecular complexity index is 751. The Morgan fingerprint density at radius 1 is 1.26 bits per heavy atom. The lowest BCUT2D eigenvalue weighted by molar-refractivity contribution is 0.0903. The average molecular weight is 313 g/mol. The Hall–Kier alpha value is -2.76. The Labute approximate surface area is 133 Å². The summed E-state index contributed by atoms with van der Waals surface area (Å²) in [5.41, 5.74) is 0.603. The van der Waals surface area contributed by atoms with E-state index in [9.17, 15) is 9.59 Å². The van der Waals surface area contributed by atoms with E-state index in [0.29, 0.717) is 0 Å². The van der Waals surface area contributed by atoms with Crippen LogP contribution >= 0.6 is 0 Å². The number of carbonyl (C=O) groups excluding carboxylic acids is 1. The molecule has 3 N–H and O–H groups in total. The van der Waals surface area contributed by atoms with E-state index >= 15 is 0 Å². The minimum atomic E-state index is -0.377. The lowest BCUT2D eigenvalue weighted by Crippen LogP contribution is -2.42. The second kappa shape index (κ2) is 6.56. The highest BCUT2D eigenvalue weighted by atomic mass is 16.5. The van der Waals surface area contributed by atoms with Crippen LogP contribution in [0.3, 0.4) is 0 Å². The molecule has 1 aromatic heterocycles. The zero-order chi connectivity index (χ0) is 16.2. The van der Waals surface area contributed by atoms with E-state index in [1.807, 2.05) is 30.3 Å². The van der Waals surface area contributed by atoms with Crippen LogP contribution < -0.4 is 21.3 Å². The maximum Gasteiger partial charge on any atom is 0.274 e. The van der Waals surface area contributed by atoms with E-state index in [4.69, 9.17) is 10.6 Å².